The fourth-order valence-electron chi connectivity index (χ4n) is 1.10. The first-order valence-corrected chi connectivity index (χ1v) is 4.06. The molecule has 0 radical (unpaired) electrons. The lowest BCUT2D eigenvalue weighted by Crippen LogP contribution is -1.97. The molecule has 0 aliphatic carbocycles. The Morgan fingerprint density at radius 1 is 1.53 bits per heavy atom. The van der Waals surface area contributed by atoms with Crippen LogP contribution in [-0.2, 0) is 4.79 Å². The number of nitro groups is 1. The van der Waals surface area contributed by atoms with Gasteiger partial charge < -0.3 is 5.73 Å². The van der Waals surface area contributed by atoms with Crippen LogP contribution in [0.4, 0.5) is 11.4 Å². The van der Waals surface area contributed by atoms with Gasteiger partial charge in [-0.2, -0.15) is 0 Å². The van der Waals surface area contributed by atoms with Gasteiger partial charge in [-0.1, -0.05) is 5.92 Å². The lowest BCUT2D eigenvalue weighted by atomic mass is 10.1. The maximum absolute atomic E-state index is 10.5. The Labute approximate surface area is 86.0 Å². The van der Waals surface area contributed by atoms with E-state index in [2.05, 4.69) is 11.8 Å². The van der Waals surface area contributed by atoms with Gasteiger partial charge in [0.25, 0.3) is 5.69 Å². The minimum Gasteiger partial charge on any atom is -0.397 e. The second-order valence-corrected chi connectivity index (χ2v) is 2.87. The molecule has 0 aliphatic heterocycles. The zero-order chi connectivity index (χ0) is 11.4. The van der Waals surface area contributed by atoms with Crippen molar-refractivity contribution in [1.82, 2.24) is 0 Å². The topological polar surface area (TPSA) is 86.2 Å². The van der Waals surface area contributed by atoms with Crippen LogP contribution in [0.25, 0.3) is 0 Å². The molecule has 0 unspecified atom stereocenters. The molecule has 76 valence electrons. The van der Waals surface area contributed by atoms with Crippen LogP contribution in [0, 0.1) is 28.9 Å². The summed E-state index contributed by atoms with van der Waals surface area (Å²) in [7, 11) is 0. The molecule has 15 heavy (non-hydrogen) atoms. The van der Waals surface area contributed by atoms with Crippen LogP contribution in [0.2, 0.25) is 0 Å². The number of nitrogens with zero attached hydrogens (tertiary/aromatic N) is 1. The summed E-state index contributed by atoms with van der Waals surface area (Å²) >= 11 is 0. The van der Waals surface area contributed by atoms with Crippen LogP contribution in [0.5, 0.6) is 0 Å². The monoisotopic (exact) mass is 204 g/mol. The van der Waals surface area contributed by atoms with Gasteiger partial charge in [0, 0.05) is 12.1 Å². The quantitative estimate of drug-likeness (QED) is 0.243. The Kier molecular flexibility index (Phi) is 3.03. The van der Waals surface area contributed by atoms with Crippen LogP contribution < -0.4 is 5.73 Å². The minimum absolute atomic E-state index is 0.0862. The van der Waals surface area contributed by atoms with Gasteiger partial charge in [-0.25, -0.2) is 0 Å². The molecular formula is C10H8N2O3. The molecule has 2 N–H and O–H groups in total. The second-order valence-electron chi connectivity index (χ2n) is 2.87. The third-order valence-corrected chi connectivity index (χ3v) is 1.85. The molecule has 0 spiro atoms. The van der Waals surface area contributed by atoms with E-state index >= 15 is 0 Å². The zero-order valence-corrected chi connectivity index (χ0v) is 7.98. The van der Waals surface area contributed by atoms with E-state index in [0.29, 0.717) is 23.1 Å². The minimum atomic E-state index is -0.529. The van der Waals surface area contributed by atoms with Crippen LogP contribution in [0.15, 0.2) is 12.1 Å². The van der Waals surface area contributed by atoms with Crippen molar-refractivity contribution in [2.45, 2.75) is 6.92 Å². The zero-order valence-electron chi connectivity index (χ0n) is 7.98. The summed E-state index contributed by atoms with van der Waals surface area (Å²) in [5.41, 5.74) is 6.79. The molecule has 5 heteroatoms. The Bertz CT molecular complexity index is 483. The number of nitrogen functional groups attached to an aromatic ring is 1. The van der Waals surface area contributed by atoms with E-state index in [1.807, 2.05) is 0 Å². The number of aryl methyl sites for hydroxylation is 1. The molecule has 1 rings (SSSR count). The summed E-state index contributed by atoms with van der Waals surface area (Å²) in [6.45, 7) is 1.65. The van der Waals surface area contributed by atoms with Gasteiger partial charge in [0.1, 0.15) is 0 Å². The van der Waals surface area contributed by atoms with Gasteiger partial charge in [0.2, 0.25) is 0 Å². The standard InChI is InChI=1S/C10H8N2O3/c1-7-5-9(12(14)15)6-8(10(7)11)3-2-4-13/h4-6H,11H2,1H3. The van der Waals surface area contributed by atoms with Crippen molar-refractivity contribution in [1.29, 1.82) is 0 Å². The summed E-state index contributed by atoms with van der Waals surface area (Å²) in [5, 5.41) is 10.5. The average molecular weight is 204 g/mol. The highest BCUT2D eigenvalue weighted by molar-refractivity contribution is 5.76. The Morgan fingerprint density at radius 3 is 2.73 bits per heavy atom. The number of carbonyl (C=O) groups is 1. The summed E-state index contributed by atoms with van der Waals surface area (Å²) in [6, 6.07) is 2.61. The molecule has 0 atom stereocenters. The molecule has 0 aromatic heterocycles. The molecule has 0 saturated carbocycles. The molecular weight excluding hydrogens is 196 g/mol. The average Bonchev–Trinajstić information content (AvgIpc) is 2.19. The molecule has 0 fully saturated rings. The summed E-state index contributed by atoms with van der Waals surface area (Å²) in [5.74, 6) is 4.62. The Morgan fingerprint density at radius 2 is 2.20 bits per heavy atom. The van der Waals surface area contributed by atoms with Gasteiger partial charge in [0.15, 0.2) is 6.29 Å². The van der Waals surface area contributed by atoms with Crippen molar-refractivity contribution in [2.75, 3.05) is 5.73 Å². The van der Waals surface area contributed by atoms with E-state index in [1.54, 1.807) is 6.92 Å². The maximum Gasteiger partial charge on any atom is 0.271 e. The largest absolute Gasteiger partial charge is 0.397 e. The molecule has 0 amide bonds. The van der Waals surface area contributed by atoms with E-state index in [1.165, 1.54) is 12.1 Å². The Hall–Kier alpha value is -2.35. The fraction of sp³-hybridized carbons (Fsp3) is 0.100. The van der Waals surface area contributed by atoms with Crippen LogP contribution in [0.1, 0.15) is 11.1 Å². The number of benzene rings is 1. The summed E-state index contributed by atoms with van der Waals surface area (Å²) < 4.78 is 0. The van der Waals surface area contributed by atoms with Crippen LogP contribution >= 0.6 is 0 Å². The van der Waals surface area contributed by atoms with Crippen molar-refractivity contribution < 1.29 is 9.72 Å². The normalized spacial score (nSPS) is 8.87. The first-order valence-electron chi connectivity index (χ1n) is 4.06. The van der Waals surface area contributed by atoms with Crippen molar-refractivity contribution in [2.24, 2.45) is 0 Å². The molecule has 5 nitrogen and oxygen atoms in total. The van der Waals surface area contributed by atoms with Crippen molar-refractivity contribution in [3.05, 3.63) is 33.4 Å². The predicted octanol–water partition coefficient (Wildman–Crippen LogP) is 1.04. The van der Waals surface area contributed by atoms with Crippen molar-refractivity contribution >= 4 is 17.7 Å². The van der Waals surface area contributed by atoms with Gasteiger partial charge in [-0.3, -0.25) is 14.9 Å². The highest BCUT2D eigenvalue weighted by Crippen LogP contribution is 2.23. The van der Waals surface area contributed by atoms with Gasteiger partial charge in [-0.15, -0.1) is 0 Å². The first kappa shape index (κ1) is 10.7. The van der Waals surface area contributed by atoms with E-state index in [-0.39, 0.29) is 5.69 Å². The number of nitrogens with two attached hydrogens (primary N) is 1. The molecule has 1 aromatic carbocycles. The number of hydrogen-bond acceptors (Lipinski definition) is 4. The summed E-state index contributed by atoms with van der Waals surface area (Å²) in [4.78, 5) is 20.1. The smallest absolute Gasteiger partial charge is 0.271 e. The lowest BCUT2D eigenvalue weighted by Gasteiger charge is -2.02. The number of nitro benzene ring substituents is 1. The molecule has 0 bridgehead atoms. The van der Waals surface area contributed by atoms with Gasteiger partial charge in [0.05, 0.1) is 16.2 Å². The fourth-order valence-corrected chi connectivity index (χ4v) is 1.10. The highest BCUT2D eigenvalue weighted by atomic mass is 16.6. The SMILES string of the molecule is Cc1cc([N+](=O)[O-])cc(C#CC=O)c1N. The molecule has 0 saturated heterocycles. The second kappa shape index (κ2) is 4.24. The molecule has 0 heterocycles. The number of rotatable bonds is 1. The third-order valence-electron chi connectivity index (χ3n) is 1.85. The number of aldehydes is 1. The van der Waals surface area contributed by atoms with E-state index in [4.69, 9.17) is 5.73 Å². The number of hydrogen-bond donors (Lipinski definition) is 1. The van der Waals surface area contributed by atoms with E-state index < -0.39 is 4.92 Å². The van der Waals surface area contributed by atoms with E-state index in [9.17, 15) is 14.9 Å². The van der Waals surface area contributed by atoms with Gasteiger partial charge >= 0.3 is 0 Å². The predicted molar refractivity (Wildman–Crippen MR) is 55.2 cm³/mol. The van der Waals surface area contributed by atoms with Crippen molar-refractivity contribution in [3.63, 3.8) is 0 Å². The number of carbonyl (C=O) groups excluding carboxylic acids is 1. The van der Waals surface area contributed by atoms with E-state index in [0.717, 1.165) is 0 Å². The lowest BCUT2D eigenvalue weighted by molar-refractivity contribution is -0.384. The maximum atomic E-state index is 10.5. The highest BCUT2D eigenvalue weighted by Gasteiger charge is 2.10. The van der Waals surface area contributed by atoms with Gasteiger partial charge in [-0.05, 0) is 18.4 Å². The summed E-state index contributed by atoms with van der Waals surface area (Å²) in [6.07, 6.45) is 0.410. The Balaban J connectivity index is 3.37. The molecule has 0 aliphatic rings. The number of anilines is 1. The van der Waals surface area contributed by atoms with Crippen molar-refractivity contribution in [3.8, 4) is 11.8 Å². The van der Waals surface area contributed by atoms with Crippen LogP contribution in [-0.4, -0.2) is 11.2 Å². The number of non-ortho nitro benzene ring substituents is 1. The first-order chi connectivity index (χ1) is 7.06. The molecule has 1 aromatic rings. The van der Waals surface area contributed by atoms with Crippen LogP contribution in [0.3, 0.4) is 0 Å². The third kappa shape index (κ3) is 2.31.